The Labute approximate surface area is 148 Å². The van der Waals surface area contributed by atoms with Gasteiger partial charge in [0.2, 0.25) is 5.91 Å². The molecule has 0 aromatic carbocycles. The monoisotopic (exact) mass is 346 g/mol. The third-order valence-electron chi connectivity index (χ3n) is 6.71. The van der Waals surface area contributed by atoms with Gasteiger partial charge < -0.3 is 9.13 Å². The van der Waals surface area contributed by atoms with Crippen molar-refractivity contribution in [2.45, 2.75) is 89.9 Å². The third kappa shape index (κ3) is 2.49. The first-order valence-corrected chi connectivity index (χ1v) is 12.0. The van der Waals surface area contributed by atoms with Crippen LogP contribution in [0.15, 0.2) is 12.4 Å². The lowest BCUT2D eigenvalue weighted by Gasteiger charge is -2.44. The fraction of sp³-hybridized carbons (Fsp3) is 0.750. The molecule has 0 spiro atoms. The molecule has 1 atom stereocenters. The minimum absolute atomic E-state index is 0.342. The maximum Gasteiger partial charge on any atom is 0.223 e. The Hall–Kier alpha value is -1.03. The van der Waals surface area contributed by atoms with Gasteiger partial charge in [-0.25, -0.2) is 0 Å². The smallest absolute Gasteiger partial charge is 0.223 e. The molecular weight excluding hydrogens is 312 g/mol. The van der Waals surface area contributed by atoms with Gasteiger partial charge in [0.25, 0.3) is 0 Å². The van der Waals surface area contributed by atoms with Crippen LogP contribution in [-0.4, -0.2) is 29.8 Å². The maximum absolute atomic E-state index is 12.3. The highest BCUT2D eigenvalue weighted by atomic mass is 28.3. The van der Waals surface area contributed by atoms with Crippen molar-refractivity contribution in [2.75, 3.05) is 6.54 Å². The van der Waals surface area contributed by atoms with Crippen LogP contribution in [0, 0.1) is 0 Å². The van der Waals surface area contributed by atoms with E-state index in [0.717, 1.165) is 32.2 Å². The Morgan fingerprint density at radius 1 is 1.00 bits per heavy atom. The third-order valence-corrected chi connectivity index (χ3v) is 13.4. The molecule has 24 heavy (non-hydrogen) atoms. The van der Waals surface area contributed by atoms with Crippen molar-refractivity contribution in [3.05, 3.63) is 23.5 Å². The van der Waals surface area contributed by atoms with Crippen LogP contribution in [0.1, 0.15) is 78.0 Å². The lowest BCUT2D eigenvalue weighted by Crippen LogP contribution is -2.51. The molecule has 1 amide bonds. The summed E-state index contributed by atoms with van der Waals surface area (Å²) < 4.78 is 2.67. The molecule has 1 aromatic heterocycles. The number of piperidine rings is 1. The summed E-state index contributed by atoms with van der Waals surface area (Å²) in [5.74, 6) is 0.365. The molecule has 0 saturated carbocycles. The normalized spacial score (nSPS) is 21.6. The Balaban J connectivity index is 2.07. The van der Waals surface area contributed by atoms with E-state index in [1.54, 1.807) is 0 Å². The lowest BCUT2D eigenvalue weighted by atomic mass is 9.89. The number of fused-ring (bicyclic) bond motifs is 3. The molecule has 3 nitrogen and oxygen atoms in total. The molecule has 4 heteroatoms. The number of hydrogen-bond donors (Lipinski definition) is 0. The molecule has 0 aliphatic carbocycles. The van der Waals surface area contributed by atoms with Gasteiger partial charge >= 0.3 is 0 Å². The van der Waals surface area contributed by atoms with E-state index in [2.05, 4.69) is 63.1 Å². The highest BCUT2D eigenvalue weighted by Gasteiger charge is 2.46. The quantitative estimate of drug-likeness (QED) is 0.695. The molecule has 134 valence electrons. The average molecular weight is 347 g/mol. The SMILES string of the molecule is CC(C)[Si](C(C)C)(C(C)C)n1cc2c(c1)[C@H]1CCCC(=O)N1CC2. The molecule has 2 aliphatic rings. The molecule has 2 aliphatic heterocycles. The molecule has 3 rings (SSSR count). The maximum atomic E-state index is 12.3. The zero-order chi connectivity index (χ0) is 17.6. The fourth-order valence-corrected chi connectivity index (χ4v) is 12.4. The number of carbonyl (C=O) groups excluding carboxylic acids is 1. The molecule has 3 heterocycles. The van der Waals surface area contributed by atoms with Crippen LogP contribution in [0.2, 0.25) is 16.6 Å². The van der Waals surface area contributed by atoms with Crippen LogP contribution in [0.5, 0.6) is 0 Å². The largest absolute Gasteiger partial charge is 0.379 e. The molecular formula is C20H34N2OSi. The summed E-state index contributed by atoms with van der Waals surface area (Å²) >= 11 is 0. The molecule has 1 saturated heterocycles. The van der Waals surface area contributed by atoms with Crippen LogP contribution in [0.4, 0.5) is 0 Å². The second-order valence-corrected chi connectivity index (χ2v) is 14.5. The number of hydrogen-bond acceptors (Lipinski definition) is 1. The van der Waals surface area contributed by atoms with Crippen LogP contribution in [-0.2, 0) is 11.2 Å². The van der Waals surface area contributed by atoms with Crippen LogP contribution >= 0.6 is 0 Å². The van der Waals surface area contributed by atoms with Crippen LogP contribution in [0.25, 0.3) is 0 Å². The predicted molar refractivity (Wildman–Crippen MR) is 103 cm³/mol. The number of carbonyl (C=O) groups is 1. The van der Waals surface area contributed by atoms with Crippen molar-refractivity contribution < 1.29 is 4.79 Å². The number of nitrogens with zero attached hydrogens (tertiary/aromatic N) is 2. The zero-order valence-electron chi connectivity index (χ0n) is 16.3. The second kappa shape index (κ2) is 6.36. The summed E-state index contributed by atoms with van der Waals surface area (Å²) in [5, 5.41) is 0. The van der Waals surface area contributed by atoms with Crippen molar-refractivity contribution in [2.24, 2.45) is 0 Å². The molecule has 0 radical (unpaired) electrons. The van der Waals surface area contributed by atoms with Gasteiger partial charge in [0, 0.05) is 19.2 Å². The van der Waals surface area contributed by atoms with Gasteiger partial charge in [0.05, 0.1) is 6.04 Å². The first-order chi connectivity index (χ1) is 11.3. The van der Waals surface area contributed by atoms with E-state index >= 15 is 0 Å². The van der Waals surface area contributed by atoms with Gasteiger partial charge in [-0.2, -0.15) is 0 Å². The highest BCUT2D eigenvalue weighted by Crippen LogP contribution is 2.45. The molecule has 1 fully saturated rings. The van der Waals surface area contributed by atoms with Crippen molar-refractivity contribution in [3.63, 3.8) is 0 Å². The van der Waals surface area contributed by atoms with E-state index in [0.29, 0.717) is 28.6 Å². The van der Waals surface area contributed by atoms with Crippen LogP contribution < -0.4 is 0 Å². The summed E-state index contributed by atoms with van der Waals surface area (Å²) in [5.41, 5.74) is 5.07. The Kier molecular flexibility index (Phi) is 4.71. The highest BCUT2D eigenvalue weighted by molar-refractivity contribution is 6.82. The molecule has 1 aromatic rings. The predicted octanol–water partition coefficient (Wildman–Crippen LogP) is 5.12. The number of amides is 1. The fourth-order valence-electron chi connectivity index (χ4n) is 5.90. The Morgan fingerprint density at radius 3 is 2.21 bits per heavy atom. The Bertz CT molecular complexity index is 595. The van der Waals surface area contributed by atoms with Crippen molar-refractivity contribution in [1.82, 2.24) is 9.13 Å². The van der Waals surface area contributed by atoms with Crippen molar-refractivity contribution in [1.29, 1.82) is 0 Å². The summed E-state index contributed by atoms with van der Waals surface area (Å²) in [6.07, 6.45) is 8.89. The summed E-state index contributed by atoms with van der Waals surface area (Å²) in [6.45, 7) is 15.4. The minimum atomic E-state index is -1.68. The van der Waals surface area contributed by atoms with E-state index in [9.17, 15) is 4.79 Å². The summed E-state index contributed by atoms with van der Waals surface area (Å²) in [7, 11) is -1.68. The second-order valence-electron chi connectivity index (χ2n) is 8.74. The minimum Gasteiger partial charge on any atom is -0.379 e. The first kappa shape index (κ1) is 17.8. The summed E-state index contributed by atoms with van der Waals surface area (Å²) in [6, 6.07) is 0.342. The number of aromatic nitrogens is 1. The standard InChI is InChI=1S/C20H34N2OSi/c1-14(2)24(15(3)4,16(5)6)21-12-17-10-11-22-19(18(17)13-21)8-7-9-20(22)23/h12-16,19H,7-11H2,1-6H3/t19-/m1/s1. The van der Waals surface area contributed by atoms with Gasteiger partial charge in [-0.1, -0.05) is 41.5 Å². The Morgan fingerprint density at radius 2 is 1.62 bits per heavy atom. The van der Waals surface area contributed by atoms with E-state index in [1.807, 2.05) is 0 Å². The zero-order valence-corrected chi connectivity index (χ0v) is 17.3. The average Bonchev–Trinajstić information content (AvgIpc) is 2.91. The summed E-state index contributed by atoms with van der Waals surface area (Å²) in [4.78, 5) is 14.4. The first-order valence-electron chi connectivity index (χ1n) is 9.80. The van der Waals surface area contributed by atoms with E-state index in [1.165, 1.54) is 11.1 Å². The van der Waals surface area contributed by atoms with Gasteiger partial charge in [0.1, 0.15) is 0 Å². The number of rotatable bonds is 4. The van der Waals surface area contributed by atoms with E-state index < -0.39 is 8.24 Å². The van der Waals surface area contributed by atoms with E-state index in [4.69, 9.17) is 0 Å². The van der Waals surface area contributed by atoms with Gasteiger partial charge in [-0.15, -0.1) is 0 Å². The lowest BCUT2D eigenvalue weighted by molar-refractivity contribution is -0.137. The van der Waals surface area contributed by atoms with E-state index in [-0.39, 0.29) is 0 Å². The van der Waals surface area contributed by atoms with Crippen molar-refractivity contribution >= 4 is 14.1 Å². The van der Waals surface area contributed by atoms with Gasteiger partial charge in [0.15, 0.2) is 8.24 Å². The molecule has 0 bridgehead atoms. The topological polar surface area (TPSA) is 25.2 Å². The molecule has 0 N–H and O–H groups in total. The molecule has 0 unspecified atom stereocenters. The van der Waals surface area contributed by atoms with Crippen molar-refractivity contribution in [3.8, 4) is 0 Å². The van der Waals surface area contributed by atoms with Crippen LogP contribution in [0.3, 0.4) is 0 Å². The van der Waals surface area contributed by atoms with Gasteiger partial charge in [-0.3, -0.25) is 4.79 Å². The van der Waals surface area contributed by atoms with Gasteiger partial charge in [-0.05, 0) is 53.2 Å².